The van der Waals surface area contributed by atoms with Crippen molar-refractivity contribution in [3.05, 3.63) is 34.6 Å². The molecule has 6 heteroatoms. The number of nitriles is 1. The number of aromatic nitrogens is 3. The molecule has 0 spiro atoms. The molecule has 0 radical (unpaired) electrons. The summed E-state index contributed by atoms with van der Waals surface area (Å²) in [4.78, 5) is 0.888. The molecular formula is C15H13ClN4S. The van der Waals surface area contributed by atoms with Crippen LogP contribution in [0.25, 0.3) is 0 Å². The summed E-state index contributed by atoms with van der Waals surface area (Å²) in [6.45, 7) is 0. The highest BCUT2D eigenvalue weighted by Gasteiger charge is 2.36. The van der Waals surface area contributed by atoms with Gasteiger partial charge in [0.05, 0.1) is 5.56 Å². The second-order valence-electron chi connectivity index (χ2n) is 5.57. The molecule has 1 aromatic carbocycles. The van der Waals surface area contributed by atoms with Crippen molar-refractivity contribution in [1.29, 1.82) is 5.26 Å². The van der Waals surface area contributed by atoms with Crippen molar-refractivity contribution in [2.75, 3.05) is 0 Å². The van der Waals surface area contributed by atoms with Crippen molar-refractivity contribution in [2.24, 2.45) is 0 Å². The maximum Gasteiger partial charge on any atom is 0.196 e. The normalized spacial score (nSPS) is 17.7. The minimum Gasteiger partial charge on any atom is -0.302 e. The largest absolute Gasteiger partial charge is 0.302 e. The maximum atomic E-state index is 9.25. The summed E-state index contributed by atoms with van der Waals surface area (Å²) < 4.78 is 2.29. The molecule has 0 amide bonds. The van der Waals surface area contributed by atoms with Gasteiger partial charge in [-0.25, -0.2) is 0 Å². The Morgan fingerprint density at radius 2 is 2.05 bits per heavy atom. The second-order valence-corrected chi connectivity index (χ2v) is 7.02. The van der Waals surface area contributed by atoms with Gasteiger partial charge in [-0.2, -0.15) is 5.26 Å². The SMILES string of the molecule is N#Cc1cc(Cl)ccc1Sc1nnc(C2CC2)n1C1CC1. The summed E-state index contributed by atoms with van der Waals surface area (Å²) in [6, 6.07) is 8.14. The monoisotopic (exact) mass is 316 g/mol. The summed E-state index contributed by atoms with van der Waals surface area (Å²) in [5, 5.41) is 19.5. The molecule has 0 atom stereocenters. The Morgan fingerprint density at radius 1 is 1.24 bits per heavy atom. The molecule has 2 fully saturated rings. The van der Waals surface area contributed by atoms with Crippen LogP contribution in [-0.4, -0.2) is 14.8 Å². The van der Waals surface area contributed by atoms with Gasteiger partial charge in [-0.05, 0) is 55.6 Å². The number of benzene rings is 1. The van der Waals surface area contributed by atoms with Gasteiger partial charge in [-0.3, -0.25) is 0 Å². The van der Waals surface area contributed by atoms with E-state index in [2.05, 4.69) is 20.8 Å². The van der Waals surface area contributed by atoms with Crippen LogP contribution in [0.3, 0.4) is 0 Å². The van der Waals surface area contributed by atoms with Crippen molar-refractivity contribution < 1.29 is 0 Å². The van der Waals surface area contributed by atoms with Gasteiger partial charge in [0.1, 0.15) is 11.9 Å². The molecule has 2 saturated carbocycles. The predicted octanol–water partition coefficient (Wildman–Crippen LogP) is 4.17. The molecule has 0 aliphatic heterocycles. The van der Waals surface area contributed by atoms with E-state index in [4.69, 9.17) is 11.6 Å². The molecule has 1 heterocycles. The van der Waals surface area contributed by atoms with Gasteiger partial charge in [0.2, 0.25) is 0 Å². The van der Waals surface area contributed by atoms with E-state index >= 15 is 0 Å². The summed E-state index contributed by atoms with van der Waals surface area (Å²) in [5.74, 6) is 1.72. The van der Waals surface area contributed by atoms with E-state index in [1.807, 2.05) is 12.1 Å². The van der Waals surface area contributed by atoms with Crippen molar-refractivity contribution in [3.8, 4) is 6.07 Å². The zero-order valence-corrected chi connectivity index (χ0v) is 12.9. The molecule has 0 N–H and O–H groups in total. The fourth-order valence-corrected chi connectivity index (χ4v) is 3.57. The zero-order chi connectivity index (χ0) is 14.4. The van der Waals surface area contributed by atoms with Gasteiger partial charge in [0, 0.05) is 21.9 Å². The Labute approximate surface area is 132 Å². The second kappa shape index (κ2) is 5.04. The minimum absolute atomic E-state index is 0.552. The van der Waals surface area contributed by atoms with E-state index in [0.29, 0.717) is 22.5 Å². The molecule has 4 rings (SSSR count). The smallest absolute Gasteiger partial charge is 0.196 e. The number of halogens is 1. The van der Waals surface area contributed by atoms with Crippen molar-refractivity contribution in [2.45, 2.75) is 47.7 Å². The van der Waals surface area contributed by atoms with Crippen LogP contribution in [0.5, 0.6) is 0 Å². The highest BCUT2D eigenvalue weighted by molar-refractivity contribution is 7.99. The molecular weight excluding hydrogens is 304 g/mol. The van der Waals surface area contributed by atoms with E-state index < -0.39 is 0 Å². The van der Waals surface area contributed by atoms with Crippen LogP contribution in [0.4, 0.5) is 0 Å². The summed E-state index contributed by atoms with van der Waals surface area (Å²) in [7, 11) is 0. The number of hydrogen-bond donors (Lipinski definition) is 0. The van der Waals surface area contributed by atoms with E-state index in [1.54, 1.807) is 6.07 Å². The average Bonchev–Trinajstić information content (AvgIpc) is 3.40. The fourth-order valence-electron chi connectivity index (χ4n) is 2.43. The van der Waals surface area contributed by atoms with Crippen molar-refractivity contribution in [3.63, 3.8) is 0 Å². The van der Waals surface area contributed by atoms with Crippen LogP contribution in [0.15, 0.2) is 28.3 Å². The first-order valence-electron chi connectivity index (χ1n) is 7.08. The van der Waals surface area contributed by atoms with Gasteiger partial charge in [0.25, 0.3) is 0 Å². The van der Waals surface area contributed by atoms with E-state index in [-0.39, 0.29) is 0 Å². The molecule has 2 aromatic rings. The number of hydrogen-bond acceptors (Lipinski definition) is 4. The first-order chi connectivity index (χ1) is 10.3. The molecule has 1 aromatic heterocycles. The Kier molecular flexibility index (Phi) is 3.16. The standard InChI is InChI=1S/C15H13ClN4S/c16-11-3-6-13(10(7-11)8-17)21-15-19-18-14(9-1-2-9)20(15)12-4-5-12/h3,6-7,9,12H,1-2,4-5H2. The van der Waals surface area contributed by atoms with Gasteiger partial charge in [0.15, 0.2) is 5.16 Å². The van der Waals surface area contributed by atoms with Gasteiger partial charge >= 0.3 is 0 Å². The molecule has 21 heavy (non-hydrogen) atoms. The van der Waals surface area contributed by atoms with Crippen LogP contribution >= 0.6 is 23.4 Å². The van der Waals surface area contributed by atoms with Crippen LogP contribution in [0, 0.1) is 11.3 Å². The Hall–Kier alpha value is -1.51. The quantitative estimate of drug-likeness (QED) is 0.849. The van der Waals surface area contributed by atoms with Crippen LogP contribution < -0.4 is 0 Å². The Morgan fingerprint density at radius 3 is 2.71 bits per heavy atom. The summed E-state index contributed by atoms with van der Waals surface area (Å²) in [5.41, 5.74) is 0.589. The van der Waals surface area contributed by atoms with Crippen LogP contribution in [0.1, 0.15) is 49.0 Å². The third kappa shape index (κ3) is 2.54. The van der Waals surface area contributed by atoms with Gasteiger partial charge in [-0.15, -0.1) is 10.2 Å². The Bertz CT molecular complexity index is 741. The predicted molar refractivity (Wildman–Crippen MR) is 80.6 cm³/mol. The zero-order valence-electron chi connectivity index (χ0n) is 11.3. The van der Waals surface area contributed by atoms with Crippen molar-refractivity contribution >= 4 is 23.4 Å². The topological polar surface area (TPSA) is 54.5 Å². The molecule has 0 unspecified atom stereocenters. The molecule has 2 aliphatic carbocycles. The van der Waals surface area contributed by atoms with Crippen LogP contribution in [-0.2, 0) is 0 Å². The number of rotatable bonds is 4. The highest BCUT2D eigenvalue weighted by atomic mass is 35.5. The summed E-state index contributed by atoms with van der Waals surface area (Å²) >= 11 is 7.47. The maximum absolute atomic E-state index is 9.25. The van der Waals surface area contributed by atoms with E-state index in [9.17, 15) is 5.26 Å². The first kappa shape index (κ1) is 13.2. The first-order valence-corrected chi connectivity index (χ1v) is 8.28. The minimum atomic E-state index is 0.552. The molecule has 106 valence electrons. The summed E-state index contributed by atoms with van der Waals surface area (Å²) in [6.07, 6.45) is 4.86. The lowest BCUT2D eigenvalue weighted by molar-refractivity contribution is 0.627. The van der Waals surface area contributed by atoms with Crippen LogP contribution in [0.2, 0.25) is 5.02 Å². The molecule has 4 nitrogen and oxygen atoms in total. The highest BCUT2D eigenvalue weighted by Crippen LogP contribution is 2.47. The molecule has 2 aliphatic rings. The number of nitrogens with zero attached hydrogens (tertiary/aromatic N) is 4. The third-order valence-corrected chi connectivity index (χ3v) is 5.08. The van der Waals surface area contributed by atoms with Crippen molar-refractivity contribution in [1.82, 2.24) is 14.8 Å². The lowest BCUT2D eigenvalue weighted by Gasteiger charge is -2.08. The lowest BCUT2D eigenvalue weighted by Crippen LogP contribution is -2.01. The third-order valence-electron chi connectivity index (χ3n) is 3.81. The lowest BCUT2D eigenvalue weighted by atomic mass is 10.2. The van der Waals surface area contributed by atoms with E-state index in [0.717, 1.165) is 15.9 Å². The van der Waals surface area contributed by atoms with Gasteiger partial charge in [-0.1, -0.05) is 11.6 Å². The Balaban J connectivity index is 1.70. The fraction of sp³-hybridized carbons (Fsp3) is 0.400. The molecule has 0 saturated heterocycles. The van der Waals surface area contributed by atoms with E-state index in [1.165, 1.54) is 37.4 Å². The van der Waals surface area contributed by atoms with Gasteiger partial charge < -0.3 is 4.57 Å². The molecule has 0 bridgehead atoms. The average molecular weight is 317 g/mol.